The molecule has 2 N–H and O–H groups in total. The van der Waals surface area contributed by atoms with Gasteiger partial charge in [-0.2, -0.15) is 0 Å². The van der Waals surface area contributed by atoms with Crippen molar-refractivity contribution in [2.24, 2.45) is 0 Å². The lowest BCUT2D eigenvalue weighted by Crippen LogP contribution is -2.37. The van der Waals surface area contributed by atoms with Crippen molar-refractivity contribution in [3.05, 3.63) is 65.2 Å². The number of amides is 1. The smallest absolute Gasteiger partial charge is 0.232 e. The van der Waals surface area contributed by atoms with E-state index in [9.17, 15) is 4.79 Å². The lowest BCUT2D eigenvalue weighted by atomic mass is 10.00. The van der Waals surface area contributed by atoms with E-state index < -0.39 is 0 Å². The minimum Gasteiger partial charge on any atom is -0.399 e. The van der Waals surface area contributed by atoms with Gasteiger partial charge in [-0.05, 0) is 35.2 Å². The minimum absolute atomic E-state index is 0.231. The SMILES string of the molecule is Nc1ccc(CSCC(=O)N2CCc3ccccc3C2)cc1. The number of fused-ring (bicyclic) bond motifs is 1. The van der Waals surface area contributed by atoms with Crippen molar-refractivity contribution >= 4 is 23.4 Å². The van der Waals surface area contributed by atoms with Crippen LogP contribution < -0.4 is 5.73 Å². The summed E-state index contributed by atoms with van der Waals surface area (Å²) in [6, 6.07) is 16.2. The highest BCUT2D eigenvalue weighted by Crippen LogP contribution is 2.20. The Hall–Kier alpha value is -1.94. The Labute approximate surface area is 135 Å². The van der Waals surface area contributed by atoms with Gasteiger partial charge in [0, 0.05) is 24.5 Å². The summed E-state index contributed by atoms with van der Waals surface area (Å²) in [5, 5.41) is 0. The Morgan fingerprint density at radius 3 is 2.59 bits per heavy atom. The Morgan fingerprint density at radius 1 is 1.09 bits per heavy atom. The lowest BCUT2D eigenvalue weighted by molar-refractivity contribution is -0.129. The van der Waals surface area contributed by atoms with E-state index in [0.29, 0.717) is 5.75 Å². The maximum atomic E-state index is 12.3. The Balaban J connectivity index is 1.50. The third kappa shape index (κ3) is 3.63. The Bertz CT molecular complexity index is 654. The van der Waals surface area contributed by atoms with Crippen LogP contribution >= 0.6 is 11.8 Å². The second-order valence-corrected chi connectivity index (χ2v) is 6.55. The number of thioether (sulfide) groups is 1. The molecule has 0 saturated heterocycles. The summed E-state index contributed by atoms with van der Waals surface area (Å²) in [6.45, 7) is 1.58. The molecular weight excluding hydrogens is 292 g/mol. The number of nitrogen functional groups attached to an aromatic ring is 1. The van der Waals surface area contributed by atoms with E-state index in [1.165, 1.54) is 16.7 Å². The van der Waals surface area contributed by atoms with Gasteiger partial charge in [0.1, 0.15) is 0 Å². The average molecular weight is 312 g/mol. The molecule has 0 aliphatic carbocycles. The van der Waals surface area contributed by atoms with Crippen molar-refractivity contribution in [3.63, 3.8) is 0 Å². The van der Waals surface area contributed by atoms with Crippen molar-refractivity contribution in [1.82, 2.24) is 4.90 Å². The first kappa shape index (κ1) is 15.0. The highest BCUT2D eigenvalue weighted by Gasteiger charge is 2.19. The zero-order chi connectivity index (χ0) is 15.4. The van der Waals surface area contributed by atoms with Crippen LogP contribution in [0.15, 0.2) is 48.5 Å². The standard InChI is InChI=1S/C18H20N2OS/c19-17-7-5-14(6-8-17)12-22-13-18(21)20-10-9-15-3-1-2-4-16(15)11-20/h1-8H,9-13,19H2. The number of nitrogens with zero attached hydrogens (tertiary/aromatic N) is 1. The molecule has 3 nitrogen and oxygen atoms in total. The van der Waals surface area contributed by atoms with E-state index in [0.717, 1.165) is 31.0 Å². The third-order valence-corrected chi connectivity index (χ3v) is 4.95. The van der Waals surface area contributed by atoms with E-state index >= 15 is 0 Å². The van der Waals surface area contributed by atoms with E-state index in [2.05, 4.69) is 18.2 Å². The predicted octanol–water partition coefficient (Wildman–Crippen LogP) is 3.09. The van der Waals surface area contributed by atoms with Crippen molar-refractivity contribution in [2.75, 3.05) is 18.0 Å². The molecule has 114 valence electrons. The largest absolute Gasteiger partial charge is 0.399 e. The number of benzene rings is 2. The first-order valence-corrected chi connectivity index (χ1v) is 8.64. The van der Waals surface area contributed by atoms with Gasteiger partial charge in [-0.25, -0.2) is 0 Å². The van der Waals surface area contributed by atoms with Crippen LogP contribution in [-0.4, -0.2) is 23.1 Å². The van der Waals surface area contributed by atoms with Gasteiger partial charge in [-0.3, -0.25) is 4.79 Å². The zero-order valence-corrected chi connectivity index (χ0v) is 13.3. The van der Waals surface area contributed by atoms with Crippen molar-refractivity contribution < 1.29 is 4.79 Å². The minimum atomic E-state index is 0.231. The van der Waals surface area contributed by atoms with Crippen LogP contribution in [0.1, 0.15) is 16.7 Å². The highest BCUT2D eigenvalue weighted by molar-refractivity contribution is 7.99. The topological polar surface area (TPSA) is 46.3 Å². The van der Waals surface area contributed by atoms with Gasteiger partial charge in [-0.1, -0.05) is 36.4 Å². The summed E-state index contributed by atoms with van der Waals surface area (Å²) in [5.74, 6) is 1.61. The second-order valence-electron chi connectivity index (χ2n) is 5.57. The molecule has 0 unspecified atom stereocenters. The molecule has 4 heteroatoms. The van der Waals surface area contributed by atoms with Gasteiger partial charge in [0.25, 0.3) is 0 Å². The molecule has 0 fully saturated rings. The number of anilines is 1. The summed E-state index contributed by atoms with van der Waals surface area (Å²) in [4.78, 5) is 14.3. The number of carbonyl (C=O) groups is 1. The number of hydrogen-bond donors (Lipinski definition) is 1. The fourth-order valence-corrected chi connectivity index (χ4v) is 3.56. The van der Waals surface area contributed by atoms with Gasteiger partial charge < -0.3 is 10.6 Å². The van der Waals surface area contributed by atoms with Gasteiger partial charge in [0.05, 0.1) is 5.75 Å². The van der Waals surface area contributed by atoms with Crippen LogP contribution in [0.4, 0.5) is 5.69 Å². The van der Waals surface area contributed by atoms with Gasteiger partial charge >= 0.3 is 0 Å². The number of rotatable bonds is 4. The third-order valence-electron chi connectivity index (χ3n) is 3.96. The summed E-state index contributed by atoms with van der Waals surface area (Å²) in [7, 11) is 0. The Morgan fingerprint density at radius 2 is 1.82 bits per heavy atom. The monoisotopic (exact) mass is 312 g/mol. The van der Waals surface area contributed by atoms with E-state index in [-0.39, 0.29) is 5.91 Å². The molecule has 2 aromatic carbocycles. The summed E-state index contributed by atoms with van der Waals surface area (Å²) < 4.78 is 0. The van der Waals surface area contributed by atoms with Gasteiger partial charge in [0.2, 0.25) is 5.91 Å². The highest BCUT2D eigenvalue weighted by atomic mass is 32.2. The summed E-state index contributed by atoms with van der Waals surface area (Å²) >= 11 is 1.66. The molecule has 1 heterocycles. The molecule has 3 rings (SSSR count). The fourth-order valence-electron chi connectivity index (χ4n) is 2.67. The van der Waals surface area contributed by atoms with Crippen LogP contribution in [0, 0.1) is 0 Å². The average Bonchev–Trinajstić information content (AvgIpc) is 2.56. The number of hydrogen-bond acceptors (Lipinski definition) is 3. The molecule has 0 spiro atoms. The molecule has 0 saturated carbocycles. The number of carbonyl (C=O) groups excluding carboxylic acids is 1. The van der Waals surface area contributed by atoms with Gasteiger partial charge in [0.15, 0.2) is 0 Å². The lowest BCUT2D eigenvalue weighted by Gasteiger charge is -2.28. The molecule has 22 heavy (non-hydrogen) atoms. The van der Waals surface area contributed by atoms with E-state index in [4.69, 9.17) is 5.73 Å². The predicted molar refractivity (Wildman–Crippen MR) is 92.6 cm³/mol. The van der Waals surface area contributed by atoms with Gasteiger partial charge in [-0.15, -0.1) is 11.8 Å². The van der Waals surface area contributed by atoms with E-state index in [1.807, 2.05) is 35.2 Å². The maximum Gasteiger partial charge on any atom is 0.232 e. The zero-order valence-electron chi connectivity index (χ0n) is 12.5. The summed E-state index contributed by atoms with van der Waals surface area (Å²) in [5.41, 5.74) is 10.3. The molecule has 0 atom stereocenters. The molecule has 0 bridgehead atoms. The quantitative estimate of drug-likeness (QED) is 0.883. The Kier molecular flexibility index (Phi) is 4.68. The maximum absolute atomic E-state index is 12.3. The summed E-state index contributed by atoms with van der Waals surface area (Å²) in [6.07, 6.45) is 0.963. The molecule has 1 aliphatic heterocycles. The van der Waals surface area contributed by atoms with Crippen molar-refractivity contribution in [1.29, 1.82) is 0 Å². The molecular formula is C18H20N2OS. The van der Waals surface area contributed by atoms with Crippen molar-refractivity contribution in [2.45, 2.75) is 18.7 Å². The van der Waals surface area contributed by atoms with Crippen molar-refractivity contribution in [3.8, 4) is 0 Å². The molecule has 0 aromatic heterocycles. The van der Waals surface area contributed by atoms with Crippen LogP contribution in [-0.2, 0) is 23.5 Å². The normalized spacial score (nSPS) is 13.7. The fraction of sp³-hybridized carbons (Fsp3) is 0.278. The van der Waals surface area contributed by atoms with Crippen LogP contribution in [0.2, 0.25) is 0 Å². The van der Waals surface area contributed by atoms with Crippen LogP contribution in [0.3, 0.4) is 0 Å². The van der Waals surface area contributed by atoms with Crippen LogP contribution in [0.5, 0.6) is 0 Å². The number of nitrogens with two attached hydrogens (primary N) is 1. The van der Waals surface area contributed by atoms with Crippen LogP contribution in [0.25, 0.3) is 0 Å². The molecule has 1 aliphatic rings. The molecule has 0 radical (unpaired) electrons. The molecule has 1 amide bonds. The first-order valence-electron chi connectivity index (χ1n) is 7.49. The first-order chi connectivity index (χ1) is 10.7. The van der Waals surface area contributed by atoms with E-state index in [1.54, 1.807) is 11.8 Å². The molecule has 2 aromatic rings. The second kappa shape index (κ2) is 6.88.